The van der Waals surface area contributed by atoms with Crippen LogP contribution in [0.15, 0.2) is 72.8 Å². The van der Waals surface area contributed by atoms with Gasteiger partial charge in [-0.1, -0.05) is 24.3 Å². The first kappa shape index (κ1) is 24.8. The van der Waals surface area contributed by atoms with Crippen LogP contribution in [0, 0.1) is 0 Å². The molecule has 2 aliphatic rings. The van der Waals surface area contributed by atoms with Gasteiger partial charge in [-0.25, -0.2) is 0 Å². The van der Waals surface area contributed by atoms with Crippen LogP contribution in [0.5, 0.6) is 23.0 Å². The molecule has 2 atom stereocenters. The molecule has 6 rings (SSSR count). The molecular weight excluding hydrogens is 480 g/mol. The van der Waals surface area contributed by atoms with E-state index in [0.29, 0.717) is 38.6 Å². The van der Waals surface area contributed by atoms with E-state index < -0.39 is 0 Å². The van der Waals surface area contributed by atoms with Gasteiger partial charge in [0.15, 0.2) is 0 Å². The summed E-state index contributed by atoms with van der Waals surface area (Å²) in [6.07, 6.45) is 4.55. The third kappa shape index (κ3) is 7.09. The minimum Gasteiger partial charge on any atom is -0.494 e. The zero-order valence-electron chi connectivity index (χ0n) is 21.6. The Morgan fingerprint density at radius 1 is 0.474 bits per heavy atom. The van der Waals surface area contributed by atoms with Crippen LogP contribution < -0.4 is 18.9 Å². The number of benzene rings is 4. The molecule has 6 nitrogen and oxygen atoms in total. The smallest absolute Gasteiger partial charge is 0.119 e. The summed E-state index contributed by atoms with van der Waals surface area (Å²) in [5.74, 6) is 3.56. The Kier molecular flexibility index (Phi) is 7.79. The first-order chi connectivity index (χ1) is 18.8. The highest BCUT2D eigenvalue weighted by Gasteiger charge is 2.22. The fourth-order valence-corrected chi connectivity index (χ4v) is 4.43. The van der Waals surface area contributed by atoms with Gasteiger partial charge in [-0.3, -0.25) is 0 Å². The third-order valence-corrected chi connectivity index (χ3v) is 6.86. The molecule has 4 aromatic rings. The molecule has 198 valence electrons. The molecule has 0 spiro atoms. The van der Waals surface area contributed by atoms with E-state index in [1.165, 1.54) is 0 Å². The molecule has 4 aromatic carbocycles. The van der Waals surface area contributed by atoms with Gasteiger partial charge < -0.3 is 28.4 Å². The molecule has 0 aromatic heterocycles. The van der Waals surface area contributed by atoms with E-state index >= 15 is 0 Å². The number of hydrogen-bond acceptors (Lipinski definition) is 6. The molecule has 0 amide bonds. The molecule has 2 fully saturated rings. The maximum absolute atomic E-state index is 5.99. The highest BCUT2D eigenvalue weighted by molar-refractivity contribution is 5.86. The van der Waals surface area contributed by atoms with E-state index in [0.717, 1.165) is 83.4 Å². The summed E-state index contributed by atoms with van der Waals surface area (Å²) < 4.78 is 34.1. The molecule has 2 unspecified atom stereocenters. The Bertz CT molecular complexity index is 1260. The van der Waals surface area contributed by atoms with E-state index in [2.05, 4.69) is 48.5 Å². The first-order valence-corrected chi connectivity index (χ1v) is 13.6. The Morgan fingerprint density at radius 2 is 0.789 bits per heavy atom. The van der Waals surface area contributed by atoms with Crippen molar-refractivity contribution in [2.24, 2.45) is 0 Å². The molecule has 38 heavy (non-hydrogen) atoms. The van der Waals surface area contributed by atoms with Crippen LogP contribution in [0.3, 0.4) is 0 Å². The number of ether oxygens (including phenoxy) is 6. The van der Waals surface area contributed by atoms with E-state index in [-0.39, 0.29) is 0 Å². The molecular formula is C32H34O6. The first-order valence-electron chi connectivity index (χ1n) is 13.6. The summed E-state index contributed by atoms with van der Waals surface area (Å²) in [6.45, 7) is 4.44. The fourth-order valence-electron chi connectivity index (χ4n) is 4.43. The van der Waals surface area contributed by atoms with Crippen molar-refractivity contribution in [2.75, 3.05) is 39.6 Å². The van der Waals surface area contributed by atoms with Gasteiger partial charge in [-0.2, -0.15) is 0 Å². The number of hydrogen-bond donors (Lipinski definition) is 0. The lowest BCUT2D eigenvalue weighted by molar-refractivity contribution is 0.267. The molecule has 0 aliphatic carbocycles. The normalized spacial score (nSPS) is 17.9. The van der Waals surface area contributed by atoms with Gasteiger partial charge in [-0.05, 0) is 82.9 Å². The number of rotatable bonds is 15. The van der Waals surface area contributed by atoms with E-state index in [1.807, 2.05) is 24.3 Å². The van der Waals surface area contributed by atoms with Crippen molar-refractivity contribution in [3.63, 3.8) is 0 Å². The number of fused-ring (bicyclic) bond motifs is 2. The van der Waals surface area contributed by atoms with Crippen molar-refractivity contribution in [3.05, 3.63) is 72.8 Å². The number of epoxide rings is 2. The summed E-state index contributed by atoms with van der Waals surface area (Å²) in [4.78, 5) is 0. The molecule has 0 N–H and O–H groups in total. The van der Waals surface area contributed by atoms with Gasteiger partial charge >= 0.3 is 0 Å². The second-order valence-corrected chi connectivity index (χ2v) is 9.93. The van der Waals surface area contributed by atoms with Crippen molar-refractivity contribution in [1.29, 1.82) is 0 Å². The summed E-state index contributed by atoms with van der Waals surface area (Å²) >= 11 is 0. The van der Waals surface area contributed by atoms with E-state index in [9.17, 15) is 0 Å². The quantitative estimate of drug-likeness (QED) is 0.132. The predicted molar refractivity (Wildman–Crippen MR) is 148 cm³/mol. The van der Waals surface area contributed by atoms with Crippen LogP contribution in [0.4, 0.5) is 0 Å². The van der Waals surface area contributed by atoms with Crippen molar-refractivity contribution in [1.82, 2.24) is 0 Å². The van der Waals surface area contributed by atoms with Gasteiger partial charge in [-0.15, -0.1) is 0 Å². The lowest BCUT2D eigenvalue weighted by Gasteiger charge is -2.10. The van der Waals surface area contributed by atoms with Gasteiger partial charge in [0.1, 0.15) is 23.0 Å². The minimum atomic E-state index is 0.396. The Morgan fingerprint density at radius 3 is 1.11 bits per heavy atom. The lowest BCUT2D eigenvalue weighted by atomic mass is 10.1. The molecule has 2 aliphatic heterocycles. The SMILES string of the molecule is c1cc2cc(OCCC3CO3)ccc2cc1OCCCCOc1ccc2cc(OCCC3CO3)ccc2c1. The second-order valence-electron chi connectivity index (χ2n) is 9.93. The molecule has 2 heterocycles. The average molecular weight is 515 g/mol. The minimum absolute atomic E-state index is 0.396. The summed E-state index contributed by atoms with van der Waals surface area (Å²) in [5.41, 5.74) is 0. The van der Waals surface area contributed by atoms with Gasteiger partial charge in [0.05, 0.1) is 51.8 Å². The summed E-state index contributed by atoms with van der Waals surface area (Å²) in [5, 5.41) is 4.58. The summed E-state index contributed by atoms with van der Waals surface area (Å²) in [7, 11) is 0. The Labute approximate surface area is 223 Å². The van der Waals surface area contributed by atoms with Gasteiger partial charge in [0.25, 0.3) is 0 Å². The Balaban J connectivity index is 0.905. The van der Waals surface area contributed by atoms with Gasteiger partial charge in [0, 0.05) is 12.8 Å². The van der Waals surface area contributed by atoms with Crippen LogP contribution in [0.25, 0.3) is 21.5 Å². The lowest BCUT2D eigenvalue weighted by Crippen LogP contribution is -2.03. The van der Waals surface area contributed by atoms with Crippen LogP contribution in [-0.2, 0) is 9.47 Å². The molecule has 0 bridgehead atoms. The maximum atomic E-state index is 5.99. The van der Waals surface area contributed by atoms with Crippen molar-refractivity contribution >= 4 is 21.5 Å². The van der Waals surface area contributed by atoms with Crippen LogP contribution >= 0.6 is 0 Å². The topological polar surface area (TPSA) is 62.0 Å². The zero-order valence-corrected chi connectivity index (χ0v) is 21.6. The van der Waals surface area contributed by atoms with Crippen molar-refractivity contribution in [3.8, 4) is 23.0 Å². The van der Waals surface area contributed by atoms with Crippen LogP contribution in [0.1, 0.15) is 25.7 Å². The third-order valence-electron chi connectivity index (χ3n) is 6.86. The van der Waals surface area contributed by atoms with E-state index in [1.54, 1.807) is 0 Å². The average Bonchev–Trinajstić information content (AvgIpc) is 3.87. The maximum Gasteiger partial charge on any atom is 0.119 e. The molecule has 0 radical (unpaired) electrons. The molecule has 2 saturated heterocycles. The standard InChI is InChI=1S/C32H34O6/c1(13-33-27-7-3-25-19-29(9-5-23(25)17-27)35-15-11-31-21-37-31)2-14-34-28-8-4-26-20-30(10-6-24(26)18-28)36-16-12-32-22-38-32/h3-10,17-20,31-32H,1-2,11-16,21-22H2. The molecule has 0 saturated carbocycles. The fraction of sp³-hybridized carbons (Fsp3) is 0.375. The largest absolute Gasteiger partial charge is 0.494 e. The highest BCUT2D eigenvalue weighted by Crippen LogP contribution is 2.27. The second kappa shape index (κ2) is 11.9. The summed E-state index contributed by atoms with van der Waals surface area (Å²) in [6, 6.07) is 24.7. The van der Waals surface area contributed by atoms with Crippen LogP contribution in [0.2, 0.25) is 0 Å². The zero-order chi connectivity index (χ0) is 25.6. The van der Waals surface area contributed by atoms with E-state index in [4.69, 9.17) is 28.4 Å². The van der Waals surface area contributed by atoms with Gasteiger partial charge in [0.2, 0.25) is 0 Å². The highest BCUT2D eigenvalue weighted by atomic mass is 16.6. The predicted octanol–water partition coefficient (Wildman–Crippen LogP) is 6.57. The van der Waals surface area contributed by atoms with Crippen molar-refractivity contribution in [2.45, 2.75) is 37.9 Å². The number of unbranched alkanes of at least 4 members (excludes halogenated alkanes) is 1. The van der Waals surface area contributed by atoms with Crippen LogP contribution in [-0.4, -0.2) is 51.8 Å². The van der Waals surface area contributed by atoms with Crippen molar-refractivity contribution < 1.29 is 28.4 Å². The molecule has 6 heteroatoms. The monoisotopic (exact) mass is 514 g/mol. The Hall–Kier alpha value is -3.48.